The normalized spacial score (nSPS) is 18.7. The van der Waals surface area contributed by atoms with E-state index in [4.69, 9.17) is 4.84 Å². The predicted octanol–water partition coefficient (Wildman–Crippen LogP) is 3.58. The lowest BCUT2D eigenvalue weighted by Crippen LogP contribution is -2.36. The van der Waals surface area contributed by atoms with Crippen LogP contribution in [0.15, 0.2) is 53.7 Å². The molecule has 0 saturated carbocycles. The Morgan fingerprint density at radius 2 is 1.86 bits per heavy atom. The van der Waals surface area contributed by atoms with Crippen LogP contribution in [0.4, 0.5) is 10.1 Å². The number of nitrogens with zero attached hydrogens (tertiary/aromatic N) is 2. The van der Waals surface area contributed by atoms with Crippen LogP contribution in [-0.2, 0) is 9.63 Å². The molecular weight excluding hydrogens is 373 g/mol. The van der Waals surface area contributed by atoms with Crippen LogP contribution < -0.4 is 5.32 Å². The van der Waals surface area contributed by atoms with Crippen molar-refractivity contribution in [2.45, 2.75) is 31.8 Å². The molecule has 1 unspecified atom stereocenters. The highest BCUT2D eigenvalue weighted by molar-refractivity contribution is 6.08. The zero-order chi connectivity index (χ0) is 20.2. The Balaban J connectivity index is 1.44. The average molecular weight is 395 g/mol. The number of amides is 2. The number of hydrogen-bond acceptors (Lipinski definition) is 4. The van der Waals surface area contributed by atoms with Crippen LogP contribution in [0.2, 0.25) is 0 Å². The summed E-state index contributed by atoms with van der Waals surface area (Å²) in [5.41, 5.74) is 2.02. The lowest BCUT2D eigenvalue weighted by molar-refractivity contribution is -0.125. The van der Waals surface area contributed by atoms with Crippen molar-refractivity contribution in [1.29, 1.82) is 0 Å². The van der Waals surface area contributed by atoms with Gasteiger partial charge in [-0.05, 0) is 43.5 Å². The number of oxime groups is 1. The van der Waals surface area contributed by atoms with Crippen LogP contribution in [0.1, 0.15) is 41.6 Å². The van der Waals surface area contributed by atoms with Gasteiger partial charge in [0.05, 0.1) is 17.0 Å². The SMILES string of the molecule is O=C(Nc1ccccc1C(=O)N1CCCCC1)C1CC(c2cccc(F)c2)=NO1. The topological polar surface area (TPSA) is 71.0 Å². The third-order valence-corrected chi connectivity index (χ3v) is 5.18. The van der Waals surface area contributed by atoms with Gasteiger partial charge >= 0.3 is 0 Å². The minimum absolute atomic E-state index is 0.0790. The zero-order valence-corrected chi connectivity index (χ0v) is 15.9. The Hall–Kier alpha value is -3.22. The maximum atomic E-state index is 13.4. The molecule has 1 fully saturated rings. The average Bonchev–Trinajstić information content (AvgIpc) is 3.25. The molecule has 0 spiro atoms. The Labute approximate surface area is 168 Å². The van der Waals surface area contributed by atoms with Gasteiger partial charge in [-0.15, -0.1) is 0 Å². The summed E-state index contributed by atoms with van der Waals surface area (Å²) in [4.78, 5) is 32.7. The van der Waals surface area contributed by atoms with E-state index in [1.807, 2.05) is 4.90 Å². The highest BCUT2D eigenvalue weighted by atomic mass is 19.1. The summed E-state index contributed by atoms with van der Waals surface area (Å²) >= 11 is 0. The third kappa shape index (κ3) is 4.29. The summed E-state index contributed by atoms with van der Waals surface area (Å²) in [6, 6.07) is 13.0. The lowest BCUT2D eigenvalue weighted by Gasteiger charge is -2.27. The highest BCUT2D eigenvalue weighted by Crippen LogP contribution is 2.23. The molecule has 4 rings (SSSR count). The van der Waals surface area contributed by atoms with E-state index in [1.165, 1.54) is 12.1 Å². The second kappa shape index (κ2) is 8.43. The predicted molar refractivity (Wildman–Crippen MR) is 107 cm³/mol. The lowest BCUT2D eigenvalue weighted by atomic mass is 10.0. The van der Waals surface area contributed by atoms with Gasteiger partial charge in [0.1, 0.15) is 5.82 Å². The van der Waals surface area contributed by atoms with E-state index in [1.54, 1.807) is 36.4 Å². The van der Waals surface area contributed by atoms with Crippen molar-refractivity contribution in [2.24, 2.45) is 5.16 Å². The number of benzene rings is 2. The molecule has 6 nitrogen and oxygen atoms in total. The second-order valence-electron chi connectivity index (χ2n) is 7.23. The van der Waals surface area contributed by atoms with Gasteiger partial charge in [0.2, 0.25) is 6.10 Å². The molecule has 2 aromatic carbocycles. The van der Waals surface area contributed by atoms with Gasteiger partial charge in [0.15, 0.2) is 0 Å². The molecule has 29 heavy (non-hydrogen) atoms. The van der Waals surface area contributed by atoms with Crippen LogP contribution in [0, 0.1) is 5.82 Å². The van der Waals surface area contributed by atoms with E-state index in [-0.39, 0.29) is 24.1 Å². The van der Waals surface area contributed by atoms with Crippen molar-refractivity contribution in [3.63, 3.8) is 0 Å². The molecule has 150 valence electrons. The number of nitrogens with one attached hydrogen (secondary N) is 1. The fraction of sp³-hybridized carbons (Fsp3) is 0.318. The zero-order valence-electron chi connectivity index (χ0n) is 15.9. The first-order valence-electron chi connectivity index (χ1n) is 9.79. The summed E-state index contributed by atoms with van der Waals surface area (Å²) in [6.07, 6.45) is 2.53. The van der Waals surface area contributed by atoms with Crippen LogP contribution in [0.25, 0.3) is 0 Å². The molecule has 0 aliphatic carbocycles. The van der Waals surface area contributed by atoms with Crippen molar-refractivity contribution in [1.82, 2.24) is 4.90 Å². The van der Waals surface area contributed by atoms with E-state index in [0.717, 1.165) is 32.4 Å². The second-order valence-corrected chi connectivity index (χ2v) is 7.23. The summed E-state index contributed by atoms with van der Waals surface area (Å²) in [5.74, 6) is -0.841. The van der Waals surface area contributed by atoms with Gasteiger partial charge in [0.25, 0.3) is 11.8 Å². The Kier molecular flexibility index (Phi) is 5.55. The molecule has 2 amide bonds. The van der Waals surface area contributed by atoms with Crippen LogP contribution in [-0.4, -0.2) is 41.6 Å². The first-order valence-corrected chi connectivity index (χ1v) is 9.79. The van der Waals surface area contributed by atoms with E-state index in [9.17, 15) is 14.0 Å². The Morgan fingerprint density at radius 3 is 2.66 bits per heavy atom. The van der Waals surface area contributed by atoms with Gasteiger partial charge in [-0.25, -0.2) is 4.39 Å². The monoisotopic (exact) mass is 395 g/mol. The fourth-order valence-corrected chi connectivity index (χ4v) is 3.62. The quantitative estimate of drug-likeness (QED) is 0.860. The van der Waals surface area contributed by atoms with Crippen molar-refractivity contribution in [2.75, 3.05) is 18.4 Å². The number of carbonyl (C=O) groups is 2. The molecule has 7 heteroatoms. The minimum atomic E-state index is -0.827. The summed E-state index contributed by atoms with van der Waals surface area (Å²) in [5, 5.41) is 6.73. The first kappa shape index (κ1) is 19.1. The number of likely N-dealkylation sites (tertiary alicyclic amines) is 1. The van der Waals surface area contributed by atoms with Gasteiger partial charge < -0.3 is 15.1 Å². The molecule has 2 aromatic rings. The minimum Gasteiger partial charge on any atom is -0.382 e. The molecule has 2 heterocycles. The first-order chi connectivity index (χ1) is 14.1. The molecule has 2 aliphatic heterocycles. The van der Waals surface area contributed by atoms with Crippen LogP contribution in [0.5, 0.6) is 0 Å². The molecule has 1 N–H and O–H groups in total. The molecule has 1 saturated heterocycles. The number of hydrogen-bond donors (Lipinski definition) is 1. The van der Waals surface area contributed by atoms with Crippen molar-refractivity contribution in [3.8, 4) is 0 Å². The number of piperidine rings is 1. The maximum absolute atomic E-state index is 13.4. The van der Waals surface area contributed by atoms with Gasteiger partial charge in [-0.3, -0.25) is 9.59 Å². The third-order valence-electron chi connectivity index (χ3n) is 5.18. The molecular formula is C22H22FN3O3. The van der Waals surface area contributed by atoms with E-state index >= 15 is 0 Å². The smallest absolute Gasteiger partial charge is 0.268 e. The van der Waals surface area contributed by atoms with E-state index < -0.39 is 6.10 Å². The van der Waals surface area contributed by atoms with Crippen molar-refractivity contribution >= 4 is 23.2 Å². The van der Waals surface area contributed by atoms with E-state index in [2.05, 4.69) is 10.5 Å². The van der Waals surface area contributed by atoms with Gasteiger partial charge in [-0.2, -0.15) is 0 Å². The molecule has 0 bridgehead atoms. The number of anilines is 1. The molecule has 2 aliphatic rings. The number of para-hydroxylation sites is 1. The highest BCUT2D eigenvalue weighted by Gasteiger charge is 2.30. The van der Waals surface area contributed by atoms with Crippen LogP contribution in [0.3, 0.4) is 0 Å². The number of carbonyl (C=O) groups excluding carboxylic acids is 2. The molecule has 1 atom stereocenters. The van der Waals surface area contributed by atoms with E-state index in [0.29, 0.717) is 22.5 Å². The summed E-state index contributed by atoms with van der Waals surface area (Å²) in [6.45, 7) is 1.47. The van der Waals surface area contributed by atoms with Gasteiger partial charge in [-0.1, -0.05) is 29.4 Å². The Bertz CT molecular complexity index is 954. The molecule has 0 aromatic heterocycles. The summed E-state index contributed by atoms with van der Waals surface area (Å²) < 4.78 is 13.4. The number of rotatable bonds is 4. The largest absolute Gasteiger partial charge is 0.382 e. The number of halogens is 1. The fourth-order valence-electron chi connectivity index (χ4n) is 3.62. The maximum Gasteiger partial charge on any atom is 0.268 e. The Morgan fingerprint density at radius 1 is 1.07 bits per heavy atom. The standard InChI is InChI=1S/C22H22FN3O3/c23-16-8-6-7-15(13-16)19-14-20(29-25-19)21(27)24-18-10-3-2-9-17(18)22(28)26-11-4-1-5-12-26/h2-3,6-10,13,20H,1,4-5,11-12,14H2,(H,24,27). The van der Waals surface area contributed by atoms with Gasteiger partial charge in [0, 0.05) is 25.1 Å². The van der Waals surface area contributed by atoms with Crippen LogP contribution >= 0.6 is 0 Å². The van der Waals surface area contributed by atoms with Crippen molar-refractivity contribution < 1.29 is 18.8 Å². The van der Waals surface area contributed by atoms with Crippen molar-refractivity contribution in [3.05, 3.63) is 65.5 Å². The summed E-state index contributed by atoms with van der Waals surface area (Å²) in [7, 11) is 0. The molecule has 0 radical (unpaired) electrons.